The van der Waals surface area contributed by atoms with E-state index < -0.39 is 90.1 Å². The first kappa shape index (κ1) is 59.5. The Morgan fingerprint density at radius 2 is 0.841 bits per heavy atom. The second-order valence-electron chi connectivity index (χ2n) is 20.1. The van der Waals surface area contributed by atoms with Gasteiger partial charge in [-0.3, -0.25) is 19.2 Å². The van der Waals surface area contributed by atoms with Crippen LogP contribution in [-0.4, -0.2) is 145 Å². The van der Waals surface area contributed by atoms with Crippen molar-refractivity contribution in [1.82, 2.24) is 19.6 Å². The number of esters is 3. The van der Waals surface area contributed by atoms with E-state index in [9.17, 15) is 33.6 Å². The number of nitrogens with zero attached hydrogens (tertiary/aromatic N) is 4. The molecule has 69 heavy (non-hydrogen) atoms. The summed E-state index contributed by atoms with van der Waals surface area (Å²) in [5.41, 5.74) is 1.44. The fraction of sp³-hybridized carbons (Fsp3) is 0.635. The normalized spacial score (nSPS) is 25.1. The Hall–Kier alpha value is -3.85. The van der Waals surface area contributed by atoms with Crippen LogP contribution in [0.4, 0.5) is 0 Å². The second-order valence-corrected chi connectivity index (χ2v) is 22.6. The van der Waals surface area contributed by atoms with Crippen molar-refractivity contribution < 1.29 is 52.5 Å². The predicted molar refractivity (Wildman–Crippen MR) is 281 cm³/mol. The van der Waals surface area contributed by atoms with Gasteiger partial charge in [0, 0.05) is 48.2 Å². The molecule has 8 atom stereocenters. The van der Waals surface area contributed by atoms with Crippen LogP contribution in [0.1, 0.15) is 106 Å². The molecule has 1 fully saturated rings. The first-order chi connectivity index (χ1) is 32.2. The van der Waals surface area contributed by atoms with Crippen LogP contribution in [0.2, 0.25) is 0 Å². The van der Waals surface area contributed by atoms with Gasteiger partial charge in [-0.1, -0.05) is 79.7 Å². The highest BCUT2D eigenvalue weighted by atomic mass is 127. The summed E-state index contributed by atoms with van der Waals surface area (Å²) < 4.78 is 26.3. The van der Waals surface area contributed by atoms with E-state index in [0.717, 1.165) is 12.7 Å². The van der Waals surface area contributed by atoms with E-state index >= 15 is 0 Å². The van der Waals surface area contributed by atoms with E-state index in [1.165, 1.54) is 47.7 Å². The van der Waals surface area contributed by atoms with Crippen molar-refractivity contribution in [1.29, 1.82) is 0 Å². The number of hydrogen-bond donors (Lipinski definition) is 0. The quantitative estimate of drug-likeness (QED) is 0.118. The summed E-state index contributed by atoms with van der Waals surface area (Å²) in [4.78, 5) is 106. The number of cyclic esters (lactones) is 3. The van der Waals surface area contributed by atoms with Gasteiger partial charge in [-0.05, 0) is 144 Å². The molecule has 2 aromatic rings. The Kier molecular flexibility index (Phi) is 23.8. The lowest BCUT2D eigenvalue weighted by atomic mass is 10.00. The first-order valence-electron chi connectivity index (χ1n) is 24.0. The third-order valence-corrected chi connectivity index (χ3v) is 13.5. The molecule has 4 amide bonds. The van der Waals surface area contributed by atoms with Crippen molar-refractivity contribution in [3.8, 4) is 0 Å². The van der Waals surface area contributed by atoms with Crippen LogP contribution in [0, 0.1) is 30.8 Å². The minimum Gasteiger partial charge on any atom is -0.451 e. The lowest BCUT2D eigenvalue weighted by molar-refractivity contribution is -0.174. The average molecular weight is 1190 g/mol. The van der Waals surface area contributed by atoms with Gasteiger partial charge in [-0.15, -0.1) is 0 Å². The number of carbonyl (C=O) groups excluding carboxylic acids is 7. The molecule has 384 valence electrons. The zero-order valence-corrected chi connectivity index (χ0v) is 47.3. The maximum Gasteiger partial charge on any atom is 0.329 e. The fourth-order valence-corrected chi connectivity index (χ4v) is 9.52. The molecule has 1 aliphatic rings. The zero-order chi connectivity index (χ0) is 52.0. The van der Waals surface area contributed by atoms with Gasteiger partial charge < -0.3 is 38.5 Å². The summed E-state index contributed by atoms with van der Waals surface area (Å²) in [7, 11) is 5.97. The van der Waals surface area contributed by atoms with Crippen molar-refractivity contribution >= 4 is 86.7 Å². The maximum absolute atomic E-state index is 14.7. The monoisotopic (exact) mass is 1190 g/mol. The van der Waals surface area contributed by atoms with Crippen LogP contribution in [0.3, 0.4) is 0 Å². The smallest absolute Gasteiger partial charge is 0.329 e. The Balaban J connectivity index is 2.24. The Morgan fingerprint density at radius 3 is 1.22 bits per heavy atom. The molecular weight excluding hydrogens is 1110 g/mol. The molecule has 0 aromatic heterocycles. The number of amides is 4. The molecule has 3 rings (SSSR count). The Bertz CT molecular complexity index is 2080. The number of halogens is 2. The molecule has 0 N–H and O–H groups in total. The lowest BCUT2D eigenvalue weighted by Gasteiger charge is -2.36. The molecule has 1 aliphatic heterocycles. The largest absolute Gasteiger partial charge is 0.451 e. The van der Waals surface area contributed by atoms with Crippen molar-refractivity contribution in [2.24, 2.45) is 23.7 Å². The van der Waals surface area contributed by atoms with Gasteiger partial charge >= 0.3 is 17.9 Å². The third-order valence-electron chi connectivity index (χ3n) is 12.2. The lowest BCUT2D eigenvalue weighted by Crippen LogP contribution is -2.54. The van der Waals surface area contributed by atoms with Crippen LogP contribution in [0.25, 0.3) is 0 Å². The molecule has 17 heteroatoms. The number of likely N-dealkylation sites (N-methyl/N-ethyl adjacent to an activating group) is 4. The molecule has 0 spiro atoms. The number of carbonyl (C=O) groups is 7. The molecule has 0 radical (unpaired) electrons. The summed E-state index contributed by atoms with van der Waals surface area (Å²) in [5, 5.41) is 0. The van der Waals surface area contributed by atoms with Gasteiger partial charge in [0.2, 0.25) is 0 Å². The highest BCUT2D eigenvalue weighted by Crippen LogP contribution is 2.24. The molecule has 0 aliphatic carbocycles. The summed E-state index contributed by atoms with van der Waals surface area (Å²) >= 11 is 4.33. The minimum absolute atomic E-state index is 0.0309. The van der Waals surface area contributed by atoms with Crippen LogP contribution in [0.5, 0.6) is 0 Å². The average Bonchev–Trinajstić information content (AvgIpc) is 3.27. The topological polar surface area (TPSA) is 169 Å². The van der Waals surface area contributed by atoms with Crippen molar-refractivity contribution in [2.75, 3.05) is 34.8 Å². The van der Waals surface area contributed by atoms with Crippen molar-refractivity contribution in [3.05, 3.63) is 66.8 Å². The standard InChI is InChI=1S/C52H76I2N4O11/c1-30(2)21-40-29-66-34(9)46(59)56(12)42(23-32(5)6)51(64)69-45(28-37-18-16-20-39(54)26-37)49(62)58(14)41(22-31(3)4)50(63)67-35(10)47(60)57(13)43(24-33(7)8)52(65)68-44(48(61)55(40)11)27-36-17-15-19-38(53)25-36/h15-20,25-26,30-35,40-45H,21-24,27-29H2,1-14H3/t34-,35-,40+,41+,42+,43+,44-,45-/m1/s1. The number of benzene rings is 2. The zero-order valence-electron chi connectivity index (χ0n) is 43.0. The van der Waals surface area contributed by atoms with E-state index in [2.05, 4.69) is 45.2 Å². The molecule has 2 aromatic carbocycles. The van der Waals surface area contributed by atoms with Gasteiger partial charge in [-0.2, -0.15) is 0 Å². The first-order valence-corrected chi connectivity index (χ1v) is 26.2. The molecule has 1 heterocycles. The van der Waals surface area contributed by atoms with E-state index in [-0.39, 0.29) is 62.4 Å². The van der Waals surface area contributed by atoms with Gasteiger partial charge in [0.1, 0.15) is 24.2 Å². The Morgan fingerprint density at radius 1 is 0.493 bits per heavy atom. The SMILES string of the molecule is CC(C)C[C@H]1CO[C@H](C)C(=O)N(C)[C@@H](CC(C)C)C(=O)O[C@H](Cc2cccc(I)c2)C(=O)N(C)[C@@H](CC(C)C)C(=O)O[C@H](C)C(=O)N(C)[C@@H](CC(C)C)C(=O)O[C@H](Cc2cccc(I)c2)C(=O)N1C. The predicted octanol–water partition coefficient (Wildman–Crippen LogP) is 7.35. The molecule has 0 unspecified atom stereocenters. The molecular formula is C52H76I2N4O11. The maximum atomic E-state index is 14.7. The van der Waals surface area contributed by atoms with Gasteiger partial charge in [0.15, 0.2) is 18.3 Å². The highest BCUT2D eigenvalue weighted by Gasteiger charge is 2.41. The summed E-state index contributed by atoms with van der Waals surface area (Å²) in [6.45, 7) is 18.2. The van der Waals surface area contributed by atoms with Crippen LogP contribution in [-0.2, 0) is 65.4 Å². The van der Waals surface area contributed by atoms with Gasteiger partial charge in [-0.25, -0.2) is 14.4 Å². The molecule has 1 saturated heterocycles. The number of ether oxygens (including phenoxy) is 4. The fourth-order valence-electron chi connectivity index (χ4n) is 8.31. The summed E-state index contributed by atoms with van der Waals surface area (Å²) in [6.07, 6.45) is -4.27. The Labute approximate surface area is 437 Å². The second kappa shape index (κ2) is 27.7. The summed E-state index contributed by atoms with van der Waals surface area (Å²) in [5.74, 6) is -5.13. The van der Waals surface area contributed by atoms with Crippen molar-refractivity contribution in [3.63, 3.8) is 0 Å². The van der Waals surface area contributed by atoms with E-state index in [0.29, 0.717) is 12.0 Å². The van der Waals surface area contributed by atoms with Crippen LogP contribution >= 0.6 is 45.2 Å². The highest BCUT2D eigenvalue weighted by molar-refractivity contribution is 14.1. The van der Waals surface area contributed by atoms with Crippen molar-refractivity contribution in [2.45, 2.75) is 156 Å². The molecule has 0 bridgehead atoms. The number of rotatable bonds is 12. The van der Waals surface area contributed by atoms with E-state index in [1.807, 2.05) is 104 Å². The van der Waals surface area contributed by atoms with E-state index in [1.54, 1.807) is 14.0 Å². The number of hydrogen-bond acceptors (Lipinski definition) is 11. The minimum atomic E-state index is -1.42. The molecule has 0 saturated carbocycles. The van der Waals surface area contributed by atoms with Gasteiger partial charge in [0.25, 0.3) is 23.6 Å². The van der Waals surface area contributed by atoms with Crippen LogP contribution in [0.15, 0.2) is 48.5 Å². The van der Waals surface area contributed by atoms with Crippen LogP contribution < -0.4 is 0 Å². The molecule has 15 nitrogen and oxygen atoms in total. The third kappa shape index (κ3) is 18.1. The van der Waals surface area contributed by atoms with E-state index in [4.69, 9.17) is 18.9 Å². The summed E-state index contributed by atoms with van der Waals surface area (Å²) in [6, 6.07) is 10.8. The van der Waals surface area contributed by atoms with Gasteiger partial charge in [0.05, 0.1) is 12.6 Å².